The number of ketones is 2. The molecule has 17 nitrogen and oxygen atoms in total. The van der Waals surface area contributed by atoms with Crippen LogP contribution < -0.4 is 5.32 Å². The molecule has 308 valence electrons. The molecule has 0 radical (unpaired) electrons. The molecule has 0 unspecified atom stereocenters. The molecule has 0 aromatic rings. The van der Waals surface area contributed by atoms with Crippen LogP contribution >= 0.6 is 0 Å². The Kier molecular flexibility index (Phi) is 28.2. The Morgan fingerprint density at radius 1 is 0.593 bits per heavy atom. The molecular formula is C37H60N2O15. The number of hydrogen-bond acceptors (Lipinski definition) is 13. The van der Waals surface area contributed by atoms with Crippen LogP contribution in [0.15, 0.2) is 0 Å². The smallest absolute Gasteiger partial charge is 0.358 e. The van der Waals surface area contributed by atoms with Crippen molar-refractivity contribution in [2.75, 3.05) is 59.4 Å². The first-order valence-corrected chi connectivity index (χ1v) is 19.1. The number of hydroxylamine groups is 2. The second-order valence-corrected chi connectivity index (χ2v) is 13.1. The van der Waals surface area contributed by atoms with Gasteiger partial charge in [0.1, 0.15) is 19.0 Å². The molecule has 1 rings (SSSR count). The van der Waals surface area contributed by atoms with Gasteiger partial charge in [-0.1, -0.05) is 51.4 Å². The zero-order valence-electron chi connectivity index (χ0n) is 31.5. The molecule has 1 atom stereocenters. The average Bonchev–Trinajstić information content (AvgIpc) is 3.44. The van der Waals surface area contributed by atoms with Gasteiger partial charge in [-0.15, -0.1) is 5.06 Å². The van der Waals surface area contributed by atoms with Gasteiger partial charge < -0.3 is 39.3 Å². The number of nitrogens with zero attached hydrogens (tertiary/aromatic N) is 1. The minimum atomic E-state index is -1.09. The molecule has 3 N–H and O–H groups in total. The van der Waals surface area contributed by atoms with E-state index in [2.05, 4.69) is 10.2 Å². The van der Waals surface area contributed by atoms with Crippen LogP contribution in [0.5, 0.6) is 0 Å². The number of carboxylic acid groups (broad SMARTS) is 2. The zero-order chi connectivity index (χ0) is 39.8. The molecule has 1 saturated heterocycles. The van der Waals surface area contributed by atoms with Crippen LogP contribution in [0, 0.1) is 5.92 Å². The van der Waals surface area contributed by atoms with Crippen molar-refractivity contribution < 1.29 is 72.4 Å². The molecule has 1 heterocycles. The Morgan fingerprint density at radius 2 is 1.11 bits per heavy atom. The molecule has 1 aliphatic rings. The third-order valence-corrected chi connectivity index (χ3v) is 8.38. The summed E-state index contributed by atoms with van der Waals surface area (Å²) in [5.41, 5.74) is 0. The highest BCUT2D eigenvalue weighted by atomic mass is 16.7. The van der Waals surface area contributed by atoms with E-state index in [1.54, 1.807) is 0 Å². The van der Waals surface area contributed by atoms with E-state index in [4.69, 9.17) is 24.1 Å². The Bertz CT molecular complexity index is 1150. The molecule has 0 aromatic carbocycles. The Morgan fingerprint density at radius 3 is 1.70 bits per heavy atom. The molecule has 0 aromatic heterocycles. The molecule has 3 amide bonds. The highest BCUT2D eigenvalue weighted by Gasteiger charge is 2.32. The van der Waals surface area contributed by atoms with Crippen molar-refractivity contribution in [1.82, 2.24) is 10.4 Å². The molecule has 17 heteroatoms. The maximum Gasteiger partial charge on any atom is 0.358 e. The monoisotopic (exact) mass is 772 g/mol. The summed E-state index contributed by atoms with van der Waals surface area (Å²) in [5, 5.41) is 21.3. The number of Topliss-reactive ketones (excluding diaryl/α,β-unsaturated/α-hetero) is 2. The van der Waals surface area contributed by atoms with Crippen molar-refractivity contribution in [2.45, 2.75) is 122 Å². The standard InChI is InChI=1S/C37H60N2O15/c40-30(12-9-7-5-3-1-2-4-6-8-10-14-35(45)46)26-29(37(48)49)15-16-32(42)38-19-21-51-23-24-52-27-31(41)13-11-20-50-22-25-53-28-36(47)54-39-33(43)17-18-34(39)44/h29H,1-28H2,(H,38,42)(H,45,46)(H,48,49)/t29-/m1/s1. The maximum atomic E-state index is 12.3. The van der Waals surface area contributed by atoms with Crippen molar-refractivity contribution in [1.29, 1.82) is 0 Å². The lowest BCUT2D eigenvalue weighted by Gasteiger charge is -2.12. The highest BCUT2D eigenvalue weighted by Crippen LogP contribution is 2.17. The highest BCUT2D eigenvalue weighted by molar-refractivity contribution is 6.01. The topological polar surface area (TPSA) is 238 Å². The third kappa shape index (κ3) is 26.9. The number of amides is 3. The Balaban J connectivity index is 1.93. The van der Waals surface area contributed by atoms with Gasteiger partial charge in [0.25, 0.3) is 11.8 Å². The van der Waals surface area contributed by atoms with E-state index in [1.807, 2.05) is 0 Å². The first-order chi connectivity index (χ1) is 26.0. The second kappa shape index (κ2) is 31.5. The average molecular weight is 773 g/mol. The number of rotatable bonds is 37. The molecule has 1 fully saturated rings. The maximum absolute atomic E-state index is 12.3. The Labute approximate surface area is 317 Å². The van der Waals surface area contributed by atoms with Gasteiger partial charge in [-0.3, -0.25) is 33.6 Å². The summed E-state index contributed by atoms with van der Waals surface area (Å²) >= 11 is 0. The van der Waals surface area contributed by atoms with E-state index in [1.165, 1.54) is 0 Å². The van der Waals surface area contributed by atoms with Gasteiger partial charge in [-0.2, -0.15) is 0 Å². The number of carbonyl (C=O) groups excluding carboxylic acids is 6. The summed E-state index contributed by atoms with van der Waals surface area (Å²) in [5.74, 6) is -5.29. The molecular weight excluding hydrogens is 712 g/mol. The van der Waals surface area contributed by atoms with E-state index < -0.39 is 42.2 Å². The van der Waals surface area contributed by atoms with E-state index in [-0.39, 0.29) is 109 Å². The predicted molar refractivity (Wildman–Crippen MR) is 191 cm³/mol. The van der Waals surface area contributed by atoms with Crippen molar-refractivity contribution >= 4 is 47.2 Å². The van der Waals surface area contributed by atoms with Gasteiger partial charge in [0, 0.05) is 58.1 Å². The molecule has 0 spiro atoms. The van der Waals surface area contributed by atoms with Crippen LogP contribution in [0.25, 0.3) is 0 Å². The predicted octanol–water partition coefficient (Wildman–Crippen LogP) is 3.33. The Hall–Kier alpha value is -3.80. The summed E-state index contributed by atoms with van der Waals surface area (Å²) in [6.07, 6.45) is 11.1. The van der Waals surface area contributed by atoms with Crippen molar-refractivity contribution in [2.24, 2.45) is 5.92 Å². The van der Waals surface area contributed by atoms with Gasteiger partial charge in [-0.25, -0.2) is 4.79 Å². The van der Waals surface area contributed by atoms with Crippen molar-refractivity contribution in [3.63, 3.8) is 0 Å². The lowest BCUT2D eigenvalue weighted by molar-refractivity contribution is -0.200. The number of imide groups is 1. The fraction of sp³-hybridized carbons (Fsp3) is 0.784. The summed E-state index contributed by atoms with van der Waals surface area (Å²) in [6, 6.07) is 0. The lowest BCUT2D eigenvalue weighted by Crippen LogP contribution is -2.33. The number of carbonyl (C=O) groups is 8. The summed E-state index contributed by atoms with van der Waals surface area (Å²) in [4.78, 5) is 97.7. The molecule has 0 saturated carbocycles. The van der Waals surface area contributed by atoms with E-state index in [0.717, 1.165) is 64.2 Å². The van der Waals surface area contributed by atoms with Gasteiger partial charge in [0.2, 0.25) is 5.91 Å². The van der Waals surface area contributed by atoms with Crippen LogP contribution in [0.1, 0.15) is 122 Å². The first-order valence-electron chi connectivity index (χ1n) is 19.1. The van der Waals surface area contributed by atoms with Crippen LogP contribution in [-0.2, 0) is 62.1 Å². The van der Waals surface area contributed by atoms with Gasteiger partial charge in [0.05, 0.1) is 39.0 Å². The summed E-state index contributed by atoms with van der Waals surface area (Å²) < 4.78 is 21.1. The fourth-order valence-corrected chi connectivity index (χ4v) is 5.37. The summed E-state index contributed by atoms with van der Waals surface area (Å²) in [7, 11) is 0. The number of ether oxygens (including phenoxy) is 4. The van der Waals surface area contributed by atoms with Crippen LogP contribution in [-0.4, -0.2) is 122 Å². The fourth-order valence-electron chi connectivity index (χ4n) is 5.37. The van der Waals surface area contributed by atoms with Gasteiger partial charge in [0.15, 0.2) is 5.78 Å². The SMILES string of the molecule is O=C(O)CCCCCCCCCCCCC(=O)C[C@@H](CCC(=O)NCCOCCOCC(=O)CCCOCCOCC(=O)ON1C(=O)CCC1=O)C(=O)O. The largest absolute Gasteiger partial charge is 0.481 e. The minimum Gasteiger partial charge on any atom is -0.481 e. The molecule has 54 heavy (non-hydrogen) atoms. The lowest BCUT2D eigenvalue weighted by atomic mass is 9.94. The molecule has 0 aliphatic carbocycles. The molecule has 0 bridgehead atoms. The first kappa shape index (κ1) is 48.2. The number of aliphatic carboxylic acids is 2. The third-order valence-electron chi connectivity index (χ3n) is 8.38. The van der Waals surface area contributed by atoms with Crippen molar-refractivity contribution in [3.05, 3.63) is 0 Å². The minimum absolute atomic E-state index is 0.00830. The number of carboxylic acids is 2. The number of nitrogens with one attached hydrogen (secondary N) is 1. The van der Waals surface area contributed by atoms with E-state index >= 15 is 0 Å². The van der Waals surface area contributed by atoms with Gasteiger partial charge in [-0.05, 0) is 25.7 Å². The normalized spacial score (nSPS) is 13.2. The molecule has 1 aliphatic heterocycles. The van der Waals surface area contributed by atoms with Crippen LogP contribution in [0.3, 0.4) is 0 Å². The van der Waals surface area contributed by atoms with E-state index in [0.29, 0.717) is 24.5 Å². The van der Waals surface area contributed by atoms with Crippen LogP contribution in [0.4, 0.5) is 0 Å². The van der Waals surface area contributed by atoms with Crippen LogP contribution in [0.2, 0.25) is 0 Å². The summed E-state index contributed by atoms with van der Waals surface area (Å²) in [6.45, 7) is 0.846. The quantitative estimate of drug-likeness (QED) is 0.0606. The van der Waals surface area contributed by atoms with E-state index in [9.17, 15) is 43.5 Å². The second-order valence-electron chi connectivity index (χ2n) is 13.1. The van der Waals surface area contributed by atoms with Crippen molar-refractivity contribution in [3.8, 4) is 0 Å². The van der Waals surface area contributed by atoms with Gasteiger partial charge >= 0.3 is 17.9 Å². The number of hydrogen-bond donors (Lipinski definition) is 3. The number of unbranched alkanes of at least 4 members (excludes halogenated alkanes) is 9. The zero-order valence-corrected chi connectivity index (χ0v) is 31.5.